The van der Waals surface area contributed by atoms with Crippen molar-refractivity contribution in [2.24, 2.45) is 5.73 Å². The average molecular weight is 245 g/mol. The van der Waals surface area contributed by atoms with E-state index in [0.717, 1.165) is 5.56 Å². The normalized spacial score (nSPS) is 9.06. The molecule has 3 N–H and O–H groups in total. The van der Waals surface area contributed by atoms with Gasteiger partial charge in [0.05, 0.1) is 6.61 Å². The van der Waals surface area contributed by atoms with Gasteiger partial charge >= 0.3 is 6.09 Å². The van der Waals surface area contributed by atoms with E-state index in [1.165, 1.54) is 0 Å². The summed E-state index contributed by atoms with van der Waals surface area (Å²) in [5.41, 5.74) is 6.32. The highest BCUT2D eigenvalue weighted by Gasteiger charge is 2.00. The molecule has 0 heterocycles. The molecule has 1 aromatic carbocycles. The first-order valence-corrected chi connectivity index (χ1v) is 4.97. The Bertz CT molecular complexity index is 293. The molecule has 0 unspecified atom stereocenters. The fourth-order valence-corrected chi connectivity index (χ4v) is 1.07. The van der Waals surface area contributed by atoms with Crippen LogP contribution >= 0.6 is 12.4 Å². The molecular weight excluding hydrogens is 228 g/mol. The van der Waals surface area contributed by atoms with Gasteiger partial charge in [-0.1, -0.05) is 30.3 Å². The maximum atomic E-state index is 11.1. The predicted molar refractivity (Wildman–Crippen MR) is 65.5 cm³/mol. The summed E-state index contributed by atoms with van der Waals surface area (Å²) < 4.78 is 4.87. The summed E-state index contributed by atoms with van der Waals surface area (Å²) in [4.78, 5) is 11.1. The minimum Gasteiger partial charge on any atom is -0.450 e. The zero-order valence-electron chi connectivity index (χ0n) is 9.02. The summed E-state index contributed by atoms with van der Waals surface area (Å²) in [7, 11) is 0. The quantitative estimate of drug-likeness (QED) is 0.775. The molecule has 0 aliphatic carbocycles. The van der Waals surface area contributed by atoms with Gasteiger partial charge in [-0.2, -0.15) is 0 Å². The molecule has 0 spiro atoms. The van der Waals surface area contributed by atoms with Crippen LogP contribution in [-0.4, -0.2) is 19.2 Å². The third-order valence-corrected chi connectivity index (χ3v) is 1.86. The van der Waals surface area contributed by atoms with Crippen LogP contribution < -0.4 is 11.1 Å². The first-order chi connectivity index (χ1) is 7.33. The molecule has 5 heteroatoms. The Morgan fingerprint density at radius 2 is 2.00 bits per heavy atom. The molecule has 0 radical (unpaired) electrons. The second kappa shape index (κ2) is 9.00. The van der Waals surface area contributed by atoms with Gasteiger partial charge < -0.3 is 15.8 Å². The van der Waals surface area contributed by atoms with Gasteiger partial charge in [0.2, 0.25) is 0 Å². The molecule has 0 aliphatic rings. The van der Waals surface area contributed by atoms with Gasteiger partial charge in [0.25, 0.3) is 0 Å². The minimum absolute atomic E-state index is 0. The van der Waals surface area contributed by atoms with Crippen LogP contribution in [0.5, 0.6) is 0 Å². The molecule has 1 amide bonds. The monoisotopic (exact) mass is 244 g/mol. The maximum absolute atomic E-state index is 11.1. The number of benzene rings is 1. The summed E-state index contributed by atoms with van der Waals surface area (Å²) >= 11 is 0. The van der Waals surface area contributed by atoms with Crippen LogP contribution in [0.4, 0.5) is 4.79 Å². The molecule has 90 valence electrons. The van der Waals surface area contributed by atoms with Gasteiger partial charge in [-0.15, -0.1) is 12.4 Å². The number of carbonyl (C=O) groups is 1. The van der Waals surface area contributed by atoms with Crippen molar-refractivity contribution in [2.45, 2.75) is 13.0 Å². The van der Waals surface area contributed by atoms with Gasteiger partial charge in [-0.05, 0) is 18.5 Å². The van der Waals surface area contributed by atoms with E-state index in [0.29, 0.717) is 26.1 Å². The number of alkyl carbamates (subject to hydrolysis) is 1. The van der Waals surface area contributed by atoms with E-state index in [1.807, 2.05) is 30.3 Å². The highest BCUT2D eigenvalue weighted by atomic mass is 35.5. The van der Waals surface area contributed by atoms with E-state index in [4.69, 9.17) is 10.5 Å². The van der Waals surface area contributed by atoms with Crippen LogP contribution in [0.1, 0.15) is 12.0 Å². The number of hydrogen-bond donors (Lipinski definition) is 2. The predicted octanol–water partition coefficient (Wildman–Crippen LogP) is 1.68. The summed E-state index contributed by atoms with van der Waals surface area (Å²) in [5, 5.41) is 2.66. The number of nitrogens with one attached hydrogen (secondary N) is 1. The Morgan fingerprint density at radius 1 is 1.31 bits per heavy atom. The standard InChI is InChI=1S/C11H16N2O2.ClH/c12-7-4-8-15-11(14)13-9-10-5-2-1-3-6-10;/h1-3,5-6H,4,7-9,12H2,(H,13,14);1H. The number of carbonyl (C=O) groups excluding carboxylic acids is 1. The van der Waals surface area contributed by atoms with Crippen molar-refractivity contribution in [1.29, 1.82) is 0 Å². The van der Waals surface area contributed by atoms with Crippen LogP contribution in [0.25, 0.3) is 0 Å². The van der Waals surface area contributed by atoms with Gasteiger partial charge in [0, 0.05) is 6.54 Å². The first kappa shape index (κ1) is 14.7. The Labute approximate surface area is 102 Å². The molecule has 0 aliphatic heterocycles. The van der Waals surface area contributed by atoms with E-state index >= 15 is 0 Å². The summed E-state index contributed by atoms with van der Waals surface area (Å²) in [5.74, 6) is 0. The Kier molecular flexibility index (Phi) is 8.29. The molecule has 1 aromatic rings. The molecule has 0 bridgehead atoms. The number of ether oxygens (including phenoxy) is 1. The van der Waals surface area contributed by atoms with Crippen LogP contribution in [0, 0.1) is 0 Å². The molecular formula is C11H17ClN2O2. The molecule has 0 saturated heterocycles. The lowest BCUT2D eigenvalue weighted by atomic mass is 10.2. The van der Waals surface area contributed by atoms with Crippen LogP contribution in [-0.2, 0) is 11.3 Å². The Hall–Kier alpha value is -1.26. The highest BCUT2D eigenvalue weighted by molar-refractivity contribution is 5.85. The molecule has 16 heavy (non-hydrogen) atoms. The van der Waals surface area contributed by atoms with Gasteiger partial charge in [-0.3, -0.25) is 0 Å². The molecule has 0 aromatic heterocycles. The van der Waals surface area contributed by atoms with Crippen molar-refractivity contribution in [3.05, 3.63) is 35.9 Å². The van der Waals surface area contributed by atoms with Crippen molar-refractivity contribution in [3.8, 4) is 0 Å². The van der Waals surface area contributed by atoms with E-state index < -0.39 is 6.09 Å². The van der Waals surface area contributed by atoms with Gasteiger partial charge in [0.15, 0.2) is 0 Å². The highest BCUT2D eigenvalue weighted by Crippen LogP contribution is 1.97. The number of amides is 1. The second-order valence-electron chi connectivity index (χ2n) is 3.12. The second-order valence-corrected chi connectivity index (χ2v) is 3.12. The topological polar surface area (TPSA) is 64.3 Å². The minimum atomic E-state index is -0.396. The van der Waals surface area contributed by atoms with E-state index in [9.17, 15) is 4.79 Å². The summed E-state index contributed by atoms with van der Waals surface area (Å²) in [6.45, 7) is 1.39. The van der Waals surface area contributed by atoms with Crippen molar-refractivity contribution < 1.29 is 9.53 Å². The van der Waals surface area contributed by atoms with Crippen molar-refractivity contribution >= 4 is 18.5 Å². The third kappa shape index (κ3) is 6.27. The SMILES string of the molecule is Cl.NCCCOC(=O)NCc1ccccc1. The molecule has 1 rings (SSSR count). The lowest BCUT2D eigenvalue weighted by Crippen LogP contribution is -2.24. The molecule has 0 atom stereocenters. The number of nitrogens with two attached hydrogens (primary N) is 1. The summed E-state index contributed by atoms with van der Waals surface area (Å²) in [6.07, 6.45) is 0.297. The number of hydrogen-bond acceptors (Lipinski definition) is 3. The maximum Gasteiger partial charge on any atom is 0.407 e. The Balaban J connectivity index is 0.00000225. The fourth-order valence-electron chi connectivity index (χ4n) is 1.07. The van der Waals surface area contributed by atoms with Crippen LogP contribution in [0.2, 0.25) is 0 Å². The van der Waals surface area contributed by atoms with Crippen LogP contribution in [0.15, 0.2) is 30.3 Å². The zero-order chi connectivity index (χ0) is 10.9. The third-order valence-electron chi connectivity index (χ3n) is 1.86. The number of halogens is 1. The van der Waals surface area contributed by atoms with Crippen molar-refractivity contribution in [1.82, 2.24) is 5.32 Å². The van der Waals surface area contributed by atoms with Gasteiger partial charge in [0.1, 0.15) is 0 Å². The molecule has 0 fully saturated rings. The molecule has 0 saturated carbocycles. The average Bonchev–Trinajstić information content (AvgIpc) is 2.28. The van der Waals surface area contributed by atoms with Crippen molar-refractivity contribution in [2.75, 3.05) is 13.2 Å². The first-order valence-electron chi connectivity index (χ1n) is 4.97. The fraction of sp³-hybridized carbons (Fsp3) is 0.364. The largest absolute Gasteiger partial charge is 0.450 e. The van der Waals surface area contributed by atoms with E-state index in [1.54, 1.807) is 0 Å². The Morgan fingerprint density at radius 3 is 2.62 bits per heavy atom. The van der Waals surface area contributed by atoms with E-state index in [2.05, 4.69) is 5.32 Å². The zero-order valence-corrected chi connectivity index (χ0v) is 9.83. The number of rotatable bonds is 5. The van der Waals surface area contributed by atoms with Gasteiger partial charge in [-0.25, -0.2) is 4.79 Å². The molecule has 4 nitrogen and oxygen atoms in total. The van der Waals surface area contributed by atoms with Crippen molar-refractivity contribution in [3.63, 3.8) is 0 Å². The van der Waals surface area contributed by atoms with E-state index in [-0.39, 0.29) is 12.4 Å². The van der Waals surface area contributed by atoms with Crippen LogP contribution in [0.3, 0.4) is 0 Å². The smallest absolute Gasteiger partial charge is 0.407 e. The lowest BCUT2D eigenvalue weighted by molar-refractivity contribution is 0.145. The lowest BCUT2D eigenvalue weighted by Gasteiger charge is -2.06. The summed E-state index contributed by atoms with van der Waals surface area (Å²) in [6, 6.07) is 9.68.